The number of carbonyl (C=O) groups excluding carboxylic acids is 3. The molecule has 1 saturated heterocycles. The number of nitrogens with zero attached hydrogens (tertiary/aromatic N) is 3. The van der Waals surface area contributed by atoms with Gasteiger partial charge in [-0.25, -0.2) is 27.6 Å². The molecule has 4 aliphatic rings. The van der Waals surface area contributed by atoms with Crippen LogP contribution in [-0.2, 0) is 30.6 Å². The van der Waals surface area contributed by atoms with Crippen LogP contribution < -0.4 is 20.1 Å². The highest BCUT2D eigenvalue weighted by molar-refractivity contribution is 7.91. The zero-order chi connectivity index (χ0) is 36.9. The lowest BCUT2D eigenvalue weighted by Crippen LogP contribution is -2.58. The van der Waals surface area contributed by atoms with Crippen LogP contribution >= 0.6 is 0 Å². The highest BCUT2D eigenvalue weighted by atomic mass is 32.2. The van der Waals surface area contributed by atoms with Crippen LogP contribution in [0.1, 0.15) is 70.4 Å². The Bertz CT molecular complexity index is 1910. The number of aromatic nitrogens is 2. The lowest BCUT2D eigenvalue weighted by Gasteiger charge is -2.29. The molecule has 0 unspecified atom stereocenters. The number of sulfonamides is 1. The second kappa shape index (κ2) is 13.2. The minimum atomic E-state index is -5.07. The number of hydrogen-bond acceptors (Lipinski definition) is 9. The number of rotatable bonds is 6. The first-order valence-corrected chi connectivity index (χ1v) is 18.0. The van der Waals surface area contributed by atoms with Crippen molar-refractivity contribution in [2.45, 2.75) is 99.4 Å². The van der Waals surface area contributed by atoms with E-state index >= 15 is 0 Å². The molecule has 4 amide bonds. The molecule has 2 aromatic rings. The molecule has 3 heterocycles. The molecule has 1 aromatic carbocycles. The minimum absolute atomic E-state index is 0.0370. The van der Waals surface area contributed by atoms with Crippen molar-refractivity contribution >= 4 is 44.9 Å². The Hall–Kier alpha value is -4.55. The van der Waals surface area contributed by atoms with E-state index in [-0.39, 0.29) is 23.9 Å². The molecular formula is C32H36F4N6O8S. The Balaban J connectivity index is 1.34. The molecule has 0 radical (unpaired) electrons. The fourth-order valence-corrected chi connectivity index (χ4v) is 7.84. The van der Waals surface area contributed by atoms with E-state index in [0.29, 0.717) is 38.5 Å². The van der Waals surface area contributed by atoms with Gasteiger partial charge < -0.3 is 25.4 Å². The highest BCUT2D eigenvalue weighted by Crippen LogP contribution is 2.47. The second-order valence-corrected chi connectivity index (χ2v) is 15.9. The average molecular weight is 741 g/mol. The van der Waals surface area contributed by atoms with Crippen LogP contribution in [0.2, 0.25) is 0 Å². The molecule has 2 saturated carbocycles. The van der Waals surface area contributed by atoms with Crippen LogP contribution in [0.25, 0.3) is 11.0 Å². The van der Waals surface area contributed by atoms with Gasteiger partial charge in [0.15, 0.2) is 0 Å². The Morgan fingerprint density at radius 3 is 2.55 bits per heavy atom. The normalized spacial score (nSPS) is 28.1. The van der Waals surface area contributed by atoms with Gasteiger partial charge in [-0.05, 0) is 57.6 Å². The van der Waals surface area contributed by atoms with Crippen molar-refractivity contribution in [3.8, 4) is 5.88 Å². The number of halogens is 4. The topological polar surface area (TPSA) is 197 Å². The van der Waals surface area contributed by atoms with Crippen LogP contribution in [0.3, 0.4) is 0 Å². The Kier molecular flexibility index (Phi) is 9.39. The van der Waals surface area contributed by atoms with Gasteiger partial charge in [-0.15, -0.1) is 0 Å². The highest BCUT2D eigenvalue weighted by Gasteiger charge is 2.63. The fourth-order valence-electron chi connectivity index (χ4n) is 6.53. The number of amides is 4. The lowest BCUT2D eigenvalue weighted by molar-refractivity contribution is -0.143. The number of alkyl halides is 3. The number of carbonyl (C=O) groups is 4. The average Bonchev–Trinajstić information content (AvgIpc) is 3.92. The van der Waals surface area contributed by atoms with Crippen LogP contribution in [0.5, 0.6) is 5.88 Å². The fraction of sp³-hybridized carbons (Fsp3) is 0.562. The van der Waals surface area contributed by atoms with Crippen LogP contribution in [-0.4, -0.2) is 87.2 Å². The molecule has 5 atom stereocenters. The predicted molar refractivity (Wildman–Crippen MR) is 170 cm³/mol. The van der Waals surface area contributed by atoms with Crippen molar-refractivity contribution < 1.29 is 55.0 Å². The molecule has 0 spiro atoms. The van der Waals surface area contributed by atoms with Crippen molar-refractivity contribution in [2.75, 3.05) is 6.54 Å². The molecule has 6 rings (SSSR count). The summed E-state index contributed by atoms with van der Waals surface area (Å²) >= 11 is 0. The number of nitrogens with one attached hydrogen (secondary N) is 3. The summed E-state index contributed by atoms with van der Waals surface area (Å²) in [7, 11) is -4.10. The van der Waals surface area contributed by atoms with Crippen molar-refractivity contribution in [3.05, 3.63) is 41.9 Å². The SMILES string of the molecule is CC1(S(=O)(=O)NC(=O)[C@@]23C[C@H]2C=CCCCCC[C@H](NC(=O)O)C(=O)N2C[C@H](Oc4nc5cc(F)ccc5nc4C(F)(F)F)C[C@H]2C(=O)N3)CC1. The Morgan fingerprint density at radius 2 is 1.86 bits per heavy atom. The number of benzene rings is 1. The van der Waals surface area contributed by atoms with Crippen molar-refractivity contribution in [1.82, 2.24) is 30.2 Å². The second-order valence-electron chi connectivity index (χ2n) is 13.7. The molecule has 2 aliphatic heterocycles. The van der Waals surface area contributed by atoms with Gasteiger partial charge in [0.1, 0.15) is 29.5 Å². The maximum absolute atomic E-state index is 14.1. The zero-order valence-electron chi connectivity index (χ0n) is 27.3. The summed E-state index contributed by atoms with van der Waals surface area (Å²) in [4.78, 5) is 61.7. The van der Waals surface area contributed by atoms with E-state index in [9.17, 15) is 50.3 Å². The number of carboxylic acid groups (broad SMARTS) is 1. The van der Waals surface area contributed by atoms with Gasteiger partial charge in [0.05, 0.1) is 22.3 Å². The third kappa shape index (κ3) is 7.43. The van der Waals surface area contributed by atoms with Gasteiger partial charge in [0.25, 0.3) is 5.91 Å². The molecule has 276 valence electrons. The zero-order valence-corrected chi connectivity index (χ0v) is 28.2. The van der Waals surface area contributed by atoms with Crippen molar-refractivity contribution in [1.29, 1.82) is 0 Å². The molecule has 14 nitrogen and oxygen atoms in total. The molecule has 0 bridgehead atoms. The van der Waals surface area contributed by atoms with E-state index in [1.54, 1.807) is 12.2 Å². The third-order valence-corrected chi connectivity index (χ3v) is 12.1. The summed E-state index contributed by atoms with van der Waals surface area (Å²) in [5.74, 6) is -5.17. The summed E-state index contributed by atoms with van der Waals surface area (Å²) in [6.07, 6.45) is -1.81. The van der Waals surface area contributed by atoms with Crippen LogP contribution in [0, 0.1) is 11.7 Å². The largest absolute Gasteiger partial charge is 0.471 e. The maximum atomic E-state index is 14.1. The van der Waals surface area contributed by atoms with Gasteiger partial charge in [-0.1, -0.05) is 25.0 Å². The number of ether oxygens (including phenoxy) is 1. The third-order valence-electron chi connectivity index (χ3n) is 9.91. The molecule has 19 heteroatoms. The molecule has 3 fully saturated rings. The first kappa shape index (κ1) is 36.2. The minimum Gasteiger partial charge on any atom is -0.471 e. The Morgan fingerprint density at radius 1 is 1.12 bits per heavy atom. The standard InChI is InChI=1S/C32H36F4N6O8S/c1-30(11-12-30)51(48,49)41-28(45)31-15-17(31)7-5-3-2-4-6-8-21(39-29(46)47)27(44)42-16-19(14-23(42)25(43)40-31)50-26-24(32(34,35)36)37-20-10-9-18(33)13-22(20)38-26/h5,7,9-10,13,17,19,21,23,39H,2-4,6,8,11-12,14-16H2,1H3,(H,40,43)(H,41,45)(H,46,47)/t17-,19-,21+,23+,31-/m1/s1. The molecular weight excluding hydrogens is 704 g/mol. The van der Waals surface area contributed by atoms with Crippen molar-refractivity contribution in [3.63, 3.8) is 0 Å². The summed E-state index contributed by atoms with van der Waals surface area (Å²) < 4.78 is 88.9. The molecule has 51 heavy (non-hydrogen) atoms. The van der Waals surface area contributed by atoms with Gasteiger partial charge in [-0.2, -0.15) is 13.2 Å². The van der Waals surface area contributed by atoms with E-state index in [1.807, 2.05) is 0 Å². The first-order chi connectivity index (χ1) is 23.9. The van der Waals surface area contributed by atoms with E-state index in [0.717, 1.165) is 23.1 Å². The van der Waals surface area contributed by atoms with E-state index in [1.165, 1.54) is 6.92 Å². The summed E-state index contributed by atoms with van der Waals surface area (Å²) in [6.45, 7) is 0.994. The molecule has 4 N–H and O–H groups in total. The van der Waals surface area contributed by atoms with Crippen LogP contribution in [0.15, 0.2) is 30.4 Å². The van der Waals surface area contributed by atoms with Crippen molar-refractivity contribution in [2.24, 2.45) is 5.92 Å². The van der Waals surface area contributed by atoms with E-state index in [2.05, 4.69) is 25.3 Å². The molecule has 2 aliphatic carbocycles. The van der Waals surface area contributed by atoms with E-state index in [4.69, 9.17) is 4.74 Å². The van der Waals surface area contributed by atoms with Gasteiger partial charge >= 0.3 is 12.3 Å². The van der Waals surface area contributed by atoms with E-state index < -0.39 is 105 Å². The van der Waals surface area contributed by atoms with Gasteiger partial charge in [-0.3, -0.25) is 19.1 Å². The van der Waals surface area contributed by atoms with Gasteiger partial charge in [0.2, 0.25) is 33.4 Å². The number of allylic oxidation sites excluding steroid dienone is 1. The van der Waals surface area contributed by atoms with Gasteiger partial charge in [0, 0.05) is 18.4 Å². The van der Waals surface area contributed by atoms with Crippen LogP contribution in [0.4, 0.5) is 22.4 Å². The number of fused-ring (bicyclic) bond motifs is 3. The summed E-state index contributed by atoms with van der Waals surface area (Å²) in [5.41, 5.74) is -3.75. The quantitative estimate of drug-likeness (QED) is 0.252. The summed E-state index contributed by atoms with van der Waals surface area (Å²) in [5, 5.41) is 14.3. The first-order valence-electron chi connectivity index (χ1n) is 16.5. The lowest BCUT2D eigenvalue weighted by atomic mass is 10.1. The summed E-state index contributed by atoms with van der Waals surface area (Å²) in [6, 6.07) is -0.0210. The Labute approximate surface area is 289 Å². The predicted octanol–water partition coefficient (Wildman–Crippen LogP) is 3.17. The number of hydrogen-bond donors (Lipinski definition) is 4. The smallest absolute Gasteiger partial charge is 0.438 e. The maximum Gasteiger partial charge on any atom is 0.438 e. The monoisotopic (exact) mass is 740 g/mol. The molecule has 1 aromatic heterocycles.